The fourth-order valence-corrected chi connectivity index (χ4v) is 7.28. The van der Waals surface area contributed by atoms with Crippen LogP contribution in [-0.4, -0.2) is 67.8 Å². The third-order valence-corrected chi connectivity index (χ3v) is 10.5. The van der Waals surface area contributed by atoms with Crippen LogP contribution in [0.15, 0.2) is 95.4 Å². The number of nitrogens with one attached hydrogen (secondary N) is 2. The Bertz CT molecular complexity index is 2130. The highest BCUT2D eigenvalue weighted by molar-refractivity contribution is 6.22. The van der Waals surface area contributed by atoms with E-state index in [1.54, 1.807) is 25.1 Å². The second-order valence-electron chi connectivity index (χ2n) is 14.5. The predicted molar refractivity (Wildman–Crippen MR) is 196 cm³/mol. The molecule has 1 saturated heterocycles. The molecule has 0 unspecified atom stereocenters. The number of rotatable bonds is 10. The Kier molecular flexibility index (Phi) is 8.97. The summed E-state index contributed by atoms with van der Waals surface area (Å²) in [5.74, 6) is 2.40. The number of carbonyl (C=O) groups excluding carboxylic acids is 2. The van der Waals surface area contributed by atoms with Crippen molar-refractivity contribution in [1.29, 1.82) is 0 Å². The van der Waals surface area contributed by atoms with Gasteiger partial charge in [-0.3, -0.25) is 19.8 Å². The molecule has 3 heterocycles. The number of nitrogens with zero attached hydrogens (tertiary/aromatic N) is 3. The molecule has 1 aliphatic carbocycles. The van der Waals surface area contributed by atoms with Gasteiger partial charge in [-0.1, -0.05) is 38.1 Å². The van der Waals surface area contributed by atoms with Gasteiger partial charge in [0.25, 0.3) is 11.8 Å². The first-order valence-corrected chi connectivity index (χ1v) is 17.9. The maximum Gasteiger partial charge on any atom is 0.262 e. The van der Waals surface area contributed by atoms with Gasteiger partial charge in [0.2, 0.25) is 11.8 Å². The highest BCUT2D eigenvalue weighted by atomic mass is 16.5. The third kappa shape index (κ3) is 6.88. The van der Waals surface area contributed by atoms with Crippen LogP contribution in [0.1, 0.15) is 77.3 Å². The van der Waals surface area contributed by atoms with Crippen LogP contribution in [0.5, 0.6) is 17.2 Å². The zero-order chi connectivity index (χ0) is 36.9. The van der Waals surface area contributed by atoms with Crippen molar-refractivity contribution < 1.29 is 33.7 Å². The maximum atomic E-state index is 13.2. The quantitative estimate of drug-likeness (QED) is 0.123. The van der Waals surface area contributed by atoms with Crippen LogP contribution in [0.3, 0.4) is 0 Å². The van der Waals surface area contributed by atoms with E-state index >= 15 is 0 Å². The molecule has 12 heteroatoms. The molecule has 53 heavy (non-hydrogen) atoms. The van der Waals surface area contributed by atoms with Gasteiger partial charge in [-0.15, -0.1) is 10.2 Å². The van der Waals surface area contributed by atoms with Crippen molar-refractivity contribution in [3.05, 3.63) is 119 Å². The topological polar surface area (TPSA) is 159 Å². The van der Waals surface area contributed by atoms with E-state index in [0.29, 0.717) is 41.5 Å². The summed E-state index contributed by atoms with van der Waals surface area (Å²) in [5, 5.41) is 34.2. The number of fused-ring (bicyclic) bond motifs is 1. The lowest BCUT2D eigenvalue weighted by molar-refractivity contribution is -0.0413. The molecule has 2 aliphatic heterocycles. The molecular formula is C41H41N5O7. The van der Waals surface area contributed by atoms with Gasteiger partial charge in [-0.05, 0) is 90.7 Å². The van der Waals surface area contributed by atoms with Crippen molar-refractivity contribution >= 4 is 17.5 Å². The Morgan fingerprint density at radius 2 is 1.43 bits per heavy atom. The molecule has 8 rings (SSSR count). The first kappa shape index (κ1) is 34.5. The minimum atomic E-state index is -1.18. The number of aliphatic hydroxyl groups is 2. The van der Waals surface area contributed by atoms with E-state index in [0.717, 1.165) is 51.6 Å². The van der Waals surface area contributed by atoms with Crippen LogP contribution in [0.25, 0.3) is 11.5 Å². The zero-order valence-electron chi connectivity index (χ0n) is 29.7. The van der Waals surface area contributed by atoms with Gasteiger partial charge in [0.05, 0.1) is 17.2 Å². The van der Waals surface area contributed by atoms with Crippen LogP contribution in [-0.2, 0) is 5.41 Å². The standard InChI is InChI=1S/C41H41N5O7/c1-23-44-45-38(51-23)24-4-11-29(12-5-24)52-30-13-6-25(7-14-30)41(2,3)26-8-15-31(16-9-26)53-32-20-28(21-32)42-27-10-17-33-34(22-27)40(50)46(39(33)49)35-18-19-36(47)43-37(35)48/h4-17,22,28,32,35-37,42-43,47-48H,18-21H2,1-3H3/t28?,32?,35-,36-,37-/m1/s1. The van der Waals surface area contributed by atoms with Crippen LogP contribution < -0.4 is 20.1 Å². The molecule has 3 aliphatic rings. The summed E-state index contributed by atoms with van der Waals surface area (Å²) in [4.78, 5) is 27.4. The first-order chi connectivity index (χ1) is 25.5. The Morgan fingerprint density at radius 1 is 0.811 bits per heavy atom. The van der Waals surface area contributed by atoms with Crippen molar-refractivity contribution in [2.24, 2.45) is 0 Å². The molecule has 0 radical (unpaired) electrons. The summed E-state index contributed by atoms with van der Waals surface area (Å²) in [6.07, 6.45) is 0.257. The molecular weight excluding hydrogens is 674 g/mol. The monoisotopic (exact) mass is 715 g/mol. The summed E-state index contributed by atoms with van der Waals surface area (Å²) in [6, 6.07) is 28.5. The number of hydrogen-bond donors (Lipinski definition) is 4. The molecule has 4 N–H and O–H groups in total. The van der Waals surface area contributed by atoms with Gasteiger partial charge in [-0.25, -0.2) is 0 Å². The van der Waals surface area contributed by atoms with Gasteiger partial charge >= 0.3 is 0 Å². The number of aromatic nitrogens is 2. The van der Waals surface area contributed by atoms with Crippen molar-refractivity contribution in [1.82, 2.24) is 20.4 Å². The Morgan fingerprint density at radius 3 is 2.06 bits per heavy atom. The largest absolute Gasteiger partial charge is 0.490 e. The fourth-order valence-electron chi connectivity index (χ4n) is 7.28. The van der Waals surface area contributed by atoms with Crippen LogP contribution >= 0.6 is 0 Å². The van der Waals surface area contributed by atoms with Gasteiger partial charge in [0.15, 0.2) is 0 Å². The smallest absolute Gasteiger partial charge is 0.262 e. The Hall–Kier alpha value is -5.56. The lowest BCUT2D eigenvalue weighted by Gasteiger charge is -2.36. The highest BCUT2D eigenvalue weighted by Gasteiger charge is 2.44. The van der Waals surface area contributed by atoms with Crippen LogP contribution in [0.4, 0.5) is 5.69 Å². The van der Waals surface area contributed by atoms with Gasteiger partial charge in [-0.2, -0.15) is 0 Å². The number of imide groups is 1. The normalized spacial score (nSPS) is 22.7. The fraction of sp³-hybridized carbons (Fsp3) is 0.317. The van der Waals surface area contributed by atoms with Crippen molar-refractivity contribution in [3.8, 4) is 28.7 Å². The second-order valence-corrected chi connectivity index (χ2v) is 14.5. The molecule has 4 aromatic carbocycles. The average molecular weight is 716 g/mol. The molecule has 2 fully saturated rings. The molecule has 0 bridgehead atoms. The number of hydrogen-bond acceptors (Lipinski definition) is 11. The number of aryl methyl sites for hydroxylation is 1. The number of aliphatic hydroxyl groups excluding tert-OH is 2. The predicted octanol–water partition coefficient (Wildman–Crippen LogP) is 6.17. The summed E-state index contributed by atoms with van der Waals surface area (Å²) >= 11 is 0. The Labute approximate surface area is 306 Å². The van der Waals surface area contributed by atoms with Crippen molar-refractivity contribution in [3.63, 3.8) is 0 Å². The number of amides is 2. The first-order valence-electron chi connectivity index (χ1n) is 17.9. The summed E-state index contributed by atoms with van der Waals surface area (Å²) in [6.45, 7) is 6.15. The molecule has 0 spiro atoms. The molecule has 1 saturated carbocycles. The van der Waals surface area contributed by atoms with E-state index < -0.39 is 30.3 Å². The molecule has 12 nitrogen and oxygen atoms in total. The molecule has 272 valence electrons. The van der Waals surface area contributed by atoms with E-state index in [2.05, 4.69) is 58.9 Å². The van der Waals surface area contributed by atoms with E-state index in [4.69, 9.17) is 13.9 Å². The van der Waals surface area contributed by atoms with E-state index in [9.17, 15) is 19.8 Å². The van der Waals surface area contributed by atoms with Gasteiger partial charge < -0.3 is 29.4 Å². The molecule has 5 aromatic rings. The van der Waals surface area contributed by atoms with Gasteiger partial charge in [0, 0.05) is 42.5 Å². The van der Waals surface area contributed by atoms with Crippen molar-refractivity contribution in [2.45, 2.75) is 82.5 Å². The van der Waals surface area contributed by atoms with Crippen molar-refractivity contribution in [2.75, 3.05) is 5.32 Å². The number of benzene rings is 4. The zero-order valence-corrected chi connectivity index (χ0v) is 29.7. The number of carbonyl (C=O) groups is 2. The molecule has 1 aromatic heterocycles. The number of anilines is 1. The van der Waals surface area contributed by atoms with Crippen LogP contribution in [0, 0.1) is 6.92 Å². The summed E-state index contributed by atoms with van der Waals surface area (Å²) in [5.41, 5.74) is 4.29. The second kappa shape index (κ2) is 13.8. The van der Waals surface area contributed by atoms with Gasteiger partial charge in [0.1, 0.15) is 35.8 Å². The summed E-state index contributed by atoms with van der Waals surface area (Å²) in [7, 11) is 0. The molecule has 3 atom stereocenters. The average Bonchev–Trinajstić information content (AvgIpc) is 3.68. The lowest BCUT2D eigenvalue weighted by Crippen LogP contribution is -2.58. The third-order valence-electron chi connectivity index (χ3n) is 10.5. The van der Waals surface area contributed by atoms with E-state index in [1.807, 2.05) is 48.5 Å². The highest BCUT2D eigenvalue weighted by Crippen LogP contribution is 2.36. The SMILES string of the molecule is Cc1nnc(-c2ccc(Oc3ccc(C(C)(C)c4ccc(OC5CC(Nc6ccc7c(c6)C(=O)N([C@@H]6CC[C@@H](O)N[C@@H]6O)C7=O)C5)cc4)cc3)cc2)o1. The van der Waals surface area contributed by atoms with E-state index in [1.165, 1.54) is 0 Å². The minimum Gasteiger partial charge on any atom is -0.490 e. The summed E-state index contributed by atoms with van der Waals surface area (Å²) < 4.78 is 17.9. The number of ether oxygens (including phenoxy) is 2. The van der Waals surface area contributed by atoms with Crippen LogP contribution in [0.2, 0.25) is 0 Å². The van der Waals surface area contributed by atoms with E-state index in [-0.39, 0.29) is 17.6 Å². The maximum absolute atomic E-state index is 13.2. The lowest BCUT2D eigenvalue weighted by atomic mass is 9.78. The minimum absolute atomic E-state index is 0.0573. The Balaban J connectivity index is 0.827. The molecule has 2 amide bonds. The number of piperidine rings is 1.